The molecule has 0 spiro atoms. The summed E-state index contributed by atoms with van der Waals surface area (Å²) in [6, 6.07) is 4.25. The van der Waals surface area contributed by atoms with Crippen molar-refractivity contribution in [2.24, 2.45) is 0 Å². The first-order valence-electron chi connectivity index (χ1n) is 3.59. The molecule has 3 heteroatoms. The van der Waals surface area contributed by atoms with Crippen molar-refractivity contribution in [1.29, 1.82) is 0 Å². The summed E-state index contributed by atoms with van der Waals surface area (Å²) in [5.41, 5.74) is 0.817. The zero-order valence-corrected chi connectivity index (χ0v) is 6.71. The van der Waals surface area contributed by atoms with Crippen LogP contribution in [0.5, 0.6) is 0 Å². The molecule has 0 saturated heterocycles. The molecule has 1 rings (SSSR count). The van der Waals surface area contributed by atoms with E-state index in [-0.39, 0.29) is 5.56 Å². The molecule has 0 amide bonds. The van der Waals surface area contributed by atoms with Gasteiger partial charge in [-0.2, -0.15) is 0 Å². The minimum Gasteiger partial charge on any atom is -0.447 e. The largest absolute Gasteiger partial charge is 0.447 e. The molecule has 1 N–H and O–H groups in total. The standard InChI is InChI=1S/C9H8BFO/c1-3-7-6-8(10(2)12)4-5-9(7)11/h1,4-6,12H,2H3. The van der Waals surface area contributed by atoms with Gasteiger partial charge in [-0.1, -0.05) is 18.8 Å². The lowest BCUT2D eigenvalue weighted by Gasteiger charge is -2.01. The second-order valence-corrected chi connectivity index (χ2v) is 2.56. The fraction of sp³-hybridized carbons (Fsp3) is 0.111. The van der Waals surface area contributed by atoms with Crippen molar-refractivity contribution in [3.05, 3.63) is 29.6 Å². The van der Waals surface area contributed by atoms with Crippen LogP contribution in [0.4, 0.5) is 4.39 Å². The average molecular weight is 162 g/mol. The molecule has 0 atom stereocenters. The molecule has 0 aliphatic carbocycles. The molecule has 0 aromatic heterocycles. The SMILES string of the molecule is C#Cc1cc(B(C)O)ccc1F. The van der Waals surface area contributed by atoms with Gasteiger partial charge in [0.1, 0.15) is 5.82 Å². The molecule has 0 fully saturated rings. The molecule has 1 aromatic carbocycles. The van der Waals surface area contributed by atoms with E-state index < -0.39 is 12.7 Å². The minimum atomic E-state index is -0.613. The molecule has 0 bridgehead atoms. The van der Waals surface area contributed by atoms with E-state index in [1.54, 1.807) is 6.82 Å². The lowest BCUT2D eigenvalue weighted by molar-refractivity contribution is 0.593. The second kappa shape index (κ2) is 3.42. The summed E-state index contributed by atoms with van der Waals surface area (Å²) < 4.78 is 12.8. The first kappa shape index (κ1) is 8.83. The van der Waals surface area contributed by atoms with Crippen molar-refractivity contribution in [3.63, 3.8) is 0 Å². The van der Waals surface area contributed by atoms with Crippen LogP contribution in [0.15, 0.2) is 18.2 Å². The Kier molecular flexibility index (Phi) is 2.52. The molecule has 0 aliphatic heterocycles. The van der Waals surface area contributed by atoms with Gasteiger partial charge >= 0.3 is 6.92 Å². The van der Waals surface area contributed by atoms with Gasteiger partial charge in [-0.15, -0.1) is 6.42 Å². The number of hydrogen-bond donors (Lipinski definition) is 1. The lowest BCUT2D eigenvalue weighted by Crippen LogP contribution is -2.26. The van der Waals surface area contributed by atoms with Crippen molar-refractivity contribution in [3.8, 4) is 12.3 Å². The van der Waals surface area contributed by atoms with Crippen LogP contribution >= 0.6 is 0 Å². The monoisotopic (exact) mass is 162 g/mol. The van der Waals surface area contributed by atoms with Gasteiger partial charge in [0.05, 0.1) is 5.56 Å². The van der Waals surface area contributed by atoms with Crippen molar-refractivity contribution < 1.29 is 9.41 Å². The van der Waals surface area contributed by atoms with Gasteiger partial charge in [0.15, 0.2) is 0 Å². The molecule has 0 heterocycles. The molecule has 12 heavy (non-hydrogen) atoms. The maximum absolute atomic E-state index is 12.8. The van der Waals surface area contributed by atoms with Crippen LogP contribution in [0, 0.1) is 18.2 Å². The molecule has 1 nitrogen and oxygen atoms in total. The maximum Gasteiger partial charge on any atom is 0.320 e. The summed E-state index contributed by atoms with van der Waals surface area (Å²) >= 11 is 0. The number of terminal acetylenes is 1. The molecule has 0 saturated carbocycles. The van der Waals surface area contributed by atoms with Crippen LogP contribution in [0.1, 0.15) is 5.56 Å². The zero-order chi connectivity index (χ0) is 9.14. The Morgan fingerprint density at radius 3 is 2.75 bits per heavy atom. The van der Waals surface area contributed by atoms with Gasteiger partial charge in [0, 0.05) is 0 Å². The van der Waals surface area contributed by atoms with Gasteiger partial charge in [-0.05, 0) is 17.6 Å². The summed E-state index contributed by atoms with van der Waals surface area (Å²) in [6.45, 7) is 0.991. The van der Waals surface area contributed by atoms with E-state index >= 15 is 0 Å². The third kappa shape index (κ3) is 1.66. The molecule has 60 valence electrons. The van der Waals surface area contributed by atoms with Crippen LogP contribution in [0.3, 0.4) is 0 Å². The topological polar surface area (TPSA) is 20.2 Å². The normalized spacial score (nSPS) is 9.17. The first-order chi connectivity index (χ1) is 5.65. The van der Waals surface area contributed by atoms with Crippen LogP contribution in [0.25, 0.3) is 0 Å². The maximum atomic E-state index is 12.8. The van der Waals surface area contributed by atoms with Gasteiger partial charge in [0.25, 0.3) is 0 Å². The minimum absolute atomic E-state index is 0.188. The summed E-state index contributed by atoms with van der Waals surface area (Å²) in [4.78, 5) is 0. The number of benzene rings is 1. The van der Waals surface area contributed by atoms with Gasteiger partial charge in [-0.3, -0.25) is 0 Å². The average Bonchev–Trinajstić information content (AvgIpc) is 2.05. The molecule has 0 radical (unpaired) electrons. The fourth-order valence-corrected chi connectivity index (χ4v) is 0.913. The van der Waals surface area contributed by atoms with E-state index in [4.69, 9.17) is 11.4 Å². The summed E-state index contributed by atoms with van der Waals surface area (Å²) in [7, 11) is 0. The van der Waals surface area contributed by atoms with E-state index in [1.165, 1.54) is 18.2 Å². The molecular formula is C9H8BFO. The number of hydrogen-bond acceptors (Lipinski definition) is 1. The van der Waals surface area contributed by atoms with E-state index in [0.717, 1.165) is 0 Å². The Labute approximate surface area is 71.3 Å². The van der Waals surface area contributed by atoms with E-state index in [1.807, 2.05) is 0 Å². The van der Waals surface area contributed by atoms with E-state index in [2.05, 4.69) is 5.92 Å². The highest BCUT2D eigenvalue weighted by atomic mass is 19.1. The lowest BCUT2D eigenvalue weighted by atomic mass is 9.64. The summed E-state index contributed by atoms with van der Waals surface area (Å²) in [5, 5.41) is 9.14. The van der Waals surface area contributed by atoms with Gasteiger partial charge < -0.3 is 5.02 Å². The highest BCUT2D eigenvalue weighted by molar-refractivity contribution is 6.64. The number of rotatable bonds is 1. The highest BCUT2D eigenvalue weighted by Crippen LogP contribution is 2.02. The van der Waals surface area contributed by atoms with Crippen LogP contribution in [-0.2, 0) is 0 Å². The molecule has 1 aromatic rings. The Hall–Kier alpha value is -1.27. The van der Waals surface area contributed by atoms with Crippen molar-refractivity contribution in [1.82, 2.24) is 0 Å². The molecule has 0 aliphatic rings. The number of halogens is 1. The Morgan fingerprint density at radius 1 is 1.58 bits per heavy atom. The van der Waals surface area contributed by atoms with Crippen molar-refractivity contribution in [2.45, 2.75) is 6.82 Å². The second-order valence-electron chi connectivity index (χ2n) is 2.56. The van der Waals surface area contributed by atoms with E-state index in [0.29, 0.717) is 5.46 Å². The van der Waals surface area contributed by atoms with E-state index in [9.17, 15) is 4.39 Å². The van der Waals surface area contributed by atoms with Crippen LogP contribution in [-0.4, -0.2) is 11.9 Å². The van der Waals surface area contributed by atoms with Crippen LogP contribution in [0.2, 0.25) is 6.82 Å². The zero-order valence-electron chi connectivity index (χ0n) is 6.71. The Bertz CT molecular complexity index is 328. The van der Waals surface area contributed by atoms with Gasteiger partial charge in [-0.25, -0.2) is 4.39 Å². The van der Waals surface area contributed by atoms with Gasteiger partial charge in [0.2, 0.25) is 0 Å². The highest BCUT2D eigenvalue weighted by Gasteiger charge is 2.08. The Morgan fingerprint density at radius 2 is 2.25 bits per heavy atom. The summed E-state index contributed by atoms with van der Waals surface area (Å²) in [5.74, 6) is 1.78. The first-order valence-corrected chi connectivity index (χ1v) is 3.59. The predicted octanol–water partition coefficient (Wildman–Crippen LogP) is 0.628. The fourth-order valence-electron chi connectivity index (χ4n) is 0.913. The molecular weight excluding hydrogens is 154 g/mol. The predicted molar refractivity (Wildman–Crippen MR) is 47.8 cm³/mol. The van der Waals surface area contributed by atoms with Crippen molar-refractivity contribution >= 4 is 12.4 Å². The Balaban J connectivity index is 3.16. The molecule has 0 unspecified atom stereocenters. The van der Waals surface area contributed by atoms with Crippen molar-refractivity contribution in [2.75, 3.05) is 0 Å². The van der Waals surface area contributed by atoms with Crippen LogP contribution < -0.4 is 5.46 Å². The summed E-state index contributed by atoms with van der Waals surface area (Å²) in [6.07, 6.45) is 5.05. The quantitative estimate of drug-likeness (QED) is 0.474. The third-order valence-electron chi connectivity index (χ3n) is 1.63. The smallest absolute Gasteiger partial charge is 0.320 e. The third-order valence-corrected chi connectivity index (χ3v) is 1.63.